The molecular formula is C14H22ClNO. The number of pyridine rings is 1. The number of nitrogens with zero attached hydrogens (tertiary/aromatic N) is 1. The summed E-state index contributed by atoms with van der Waals surface area (Å²) >= 11 is 5.74. The molecule has 0 N–H and O–H groups in total. The van der Waals surface area contributed by atoms with E-state index in [9.17, 15) is 0 Å². The van der Waals surface area contributed by atoms with Crippen molar-refractivity contribution in [3.05, 3.63) is 23.9 Å². The van der Waals surface area contributed by atoms with E-state index in [2.05, 4.69) is 18.8 Å². The molecule has 0 aromatic carbocycles. The monoisotopic (exact) mass is 255 g/mol. The Kier molecular flexibility index (Phi) is 7.02. The van der Waals surface area contributed by atoms with Gasteiger partial charge in [0.15, 0.2) is 0 Å². The SMILES string of the molecule is CCCCC(CC)COc1cccc(CCl)n1. The smallest absolute Gasteiger partial charge is 0.213 e. The molecule has 0 aliphatic heterocycles. The van der Waals surface area contributed by atoms with E-state index in [-0.39, 0.29) is 0 Å². The summed E-state index contributed by atoms with van der Waals surface area (Å²) in [7, 11) is 0. The predicted octanol–water partition coefficient (Wildman–Crippen LogP) is 4.42. The maximum Gasteiger partial charge on any atom is 0.213 e. The molecule has 3 heteroatoms. The first-order valence-electron chi connectivity index (χ1n) is 6.44. The minimum Gasteiger partial charge on any atom is -0.477 e. The Morgan fingerprint density at radius 1 is 1.35 bits per heavy atom. The molecule has 0 amide bonds. The van der Waals surface area contributed by atoms with Gasteiger partial charge in [0, 0.05) is 6.07 Å². The number of ether oxygens (including phenoxy) is 1. The van der Waals surface area contributed by atoms with Gasteiger partial charge >= 0.3 is 0 Å². The second kappa shape index (κ2) is 8.35. The van der Waals surface area contributed by atoms with E-state index in [4.69, 9.17) is 16.3 Å². The number of alkyl halides is 1. The van der Waals surface area contributed by atoms with Crippen LogP contribution in [0.25, 0.3) is 0 Å². The lowest BCUT2D eigenvalue weighted by atomic mass is 10.0. The molecule has 0 radical (unpaired) electrons. The Morgan fingerprint density at radius 3 is 2.82 bits per heavy atom. The van der Waals surface area contributed by atoms with Gasteiger partial charge in [-0.2, -0.15) is 0 Å². The Morgan fingerprint density at radius 2 is 2.18 bits per heavy atom. The molecule has 17 heavy (non-hydrogen) atoms. The maximum atomic E-state index is 5.74. The average Bonchev–Trinajstić information content (AvgIpc) is 2.39. The molecule has 1 aromatic heterocycles. The molecular weight excluding hydrogens is 234 g/mol. The molecule has 0 fully saturated rings. The van der Waals surface area contributed by atoms with Gasteiger partial charge in [0.1, 0.15) is 0 Å². The quantitative estimate of drug-likeness (QED) is 0.642. The third-order valence-electron chi connectivity index (χ3n) is 2.93. The van der Waals surface area contributed by atoms with Crippen molar-refractivity contribution in [1.29, 1.82) is 0 Å². The standard InChI is InChI=1S/C14H22ClNO/c1-3-5-7-12(4-2)11-17-14-9-6-8-13(10-15)16-14/h6,8-9,12H,3-5,7,10-11H2,1-2H3. The molecule has 0 aliphatic rings. The van der Waals surface area contributed by atoms with Crippen molar-refractivity contribution >= 4 is 11.6 Å². The van der Waals surface area contributed by atoms with Crippen molar-refractivity contribution in [2.45, 2.75) is 45.4 Å². The van der Waals surface area contributed by atoms with Gasteiger partial charge < -0.3 is 4.74 Å². The second-order valence-corrected chi connectivity index (χ2v) is 4.60. The number of aromatic nitrogens is 1. The van der Waals surface area contributed by atoms with Gasteiger partial charge in [0.2, 0.25) is 5.88 Å². The molecule has 1 heterocycles. The van der Waals surface area contributed by atoms with Crippen LogP contribution in [0.5, 0.6) is 5.88 Å². The van der Waals surface area contributed by atoms with E-state index in [1.165, 1.54) is 19.3 Å². The van der Waals surface area contributed by atoms with E-state index in [1.54, 1.807) is 0 Å². The number of unbranched alkanes of at least 4 members (excludes halogenated alkanes) is 1. The van der Waals surface area contributed by atoms with Crippen molar-refractivity contribution in [2.75, 3.05) is 6.61 Å². The van der Waals surface area contributed by atoms with Gasteiger partial charge in [0.05, 0.1) is 18.2 Å². The van der Waals surface area contributed by atoms with Crippen LogP contribution in [-0.4, -0.2) is 11.6 Å². The summed E-state index contributed by atoms with van der Waals surface area (Å²) in [5.41, 5.74) is 0.866. The lowest BCUT2D eigenvalue weighted by Crippen LogP contribution is -2.12. The third-order valence-corrected chi connectivity index (χ3v) is 3.20. The fourth-order valence-corrected chi connectivity index (χ4v) is 1.86. The molecule has 0 spiro atoms. The first-order valence-corrected chi connectivity index (χ1v) is 6.98. The summed E-state index contributed by atoms with van der Waals surface area (Å²) in [5, 5.41) is 0. The topological polar surface area (TPSA) is 22.1 Å². The van der Waals surface area contributed by atoms with Crippen molar-refractivity contribution in [3.63, 3.8) is 0 Å². The van der Waals surface area contributed by atoms with E-state index >= 15 is 0 Å². The van der Waals surface area contributed by atoms with E-state index < -0.39 is 0 Å². The zero-order valence-corrected chi connectivity index (χ0v) is 11.5. The lowest BCUT2D eigenvalue weighted by Gasteiger charge is -2.15. The Bertz CT molecular complexity index is 317. The normalized spacial score (nSPS) is 12.4. The summed E-state index contributed by atoms with van der Waals surface area (Å²) in [6.07, 6.45) is 4.92. The molecule has 0 bridgehead atoms. The zero-order valence-electron chi connectivity index (χ0n) is 10.8. The van der Waals surface area contributed by atoms with Gasteiger partial charge in [-0.3, -0.25) is 0 Å². The van der Waals surface area contributed by atoms with Gasteiger partial charge in [-0.1, -0.05) is 39.2 Å². The molecule has 2 nitrogen and oxygen atoms in total. The highest BCUT2D eigenvalue weighted by Crippen LogP contribution is 2.15. The minimum atomic E-state index is 0.435. The van der Waals surface area contributed by atoms with Gasteiger partial charge in [-0.25, -0.2) is 4.98 Å². The molecule has 1 atom stereocenters. The average molecular weight is 256 g/mol. The lowest BCUT2D eigenvalue weighted by molar-refractivity contribution is 0.225. The van der Waals surface area contributed by atoms with Crippen molar-refractivity contribution in [2.24, 2.45) is 5.92 Å². The number of halogens is 1. The molecule has 1 rings (SSSR count). The van der Waals surface area contributed by atoms with Crippen LogP contribution in [-0.2, 0) is 5.88 Å². The summed E-state index contributed by atoms with van der Waals surface area (Å²) < 4.78 is 5.73. The van der Waals surface area contributed by atoms with Crippen LogP contribution >= 0.6 is 11.6 Å². The highest BCUT2D eigenvalue weighted by molar-refractivity contribution is 6.16. The third kappa shape index (κ3) is 5.40. The highest BCUT2D eigenvalue weighted by Gasteiger charge is 2.07. The summed E-state index contributed by atoms with van der Waals surface area (Å²) in [6.45, 7) is 5.20. The second-order valence-electron chi connectivity index (χ2n) is 4.33. The van der Waals surface area contributed by atoms with Crippen molar-refractivity contribution in [1.82, 2.24) is 4.98 Å². The first-order chi connectivity index (χ1) is 8.30. The fourth-order valence-electron chi connectivity index (χ4n) is 1.71. The van der Waals surface area contributed by atoms with Crippen LogP contribution in [0, 0.1) is 5.92 Å². The molecule has 1 unspecified atom stereocenters. The molecule has 96 valence electrons. The Balaban J connectivity index is 2.41. The molecule has 1 aromatic rings. The first kappa shape index (κ1) is 14.3. The summed E-state index contributed by atoms with van der Waals surface area (Å²) in [4.78, 5) is 4.32. The maximum absolute atomic E-state index is 5.74. The summed E-state index contributed by atoms with van der Waals surface area (Å²) in [6, 6.07) is 5.74. The van der Waals surface area contributed by atoms with E-state index in [1.807, 2.05) is 18.2 Å². The zero-order chi connectivity index (χ0) is 12.5. The van der Waals surface area contributed by atoms with Crippen molar-refractivity contribution < 1.29 is 4.74 Å². The number of hydrogen-bond acceptors (Lipinski definition) is 2. The van der Waals surface area contributed by atoms with Crippen LogP contribution in [0.3, 0.4) is 0 Å². The van der Waals surface area contributed by atoms with Crippen LogP contribution < -0.4 is 4.74 Å². The van der Waals surface area contributed by atoms with Crippen LogP contribution in [0.15, 0.2) is 18.2 Å². The van der Waals surface area contributed by atoms with Crippen LogP contribution in [0.4, 0.5) is 0 Å². The molecule has 0 saturated heterocycles. The Hall–Kier alpha value is -0.760. The van der Waals surface area contributed by atoms with Crippen LogP contribution in [0.2, 0.25) is 0 Å². The van der Waals surface area contributed by atoms with Gasteiger partial charge in [-0.05, 0) is 18.4 Å². The highest BCUT2D eigenvalue weighted by atomic mass is 35.5. The van der Waals surface area contributed by atoms with Gasteiger partial charge in [-0.15, -0.1) is 11.6 Å². The predicted molar refractivity (Wildman–Crippen MR) is 72.6 cm³/mol. The number of rotatable bonds is 8. The number of hydrogen-bond donors (Lipinski definition) is 0. The van der Waals surface area contributed by atoms with E-state index in [0.29, 0.717) is 17.7 Å². The fraction of sp³-hybridized carbons (Fsp3) is 0.643. The largest absolute Gasteiger partial charge is 0.477 e. The molecule has 0 saturated carbocycles. The van der Waals surface area contributed by atoms with E-state index in [0.717, 1.165) is 18.7 Å². The van der Waals surface area contributed by atoms with Gasteiger partial charge in [0.25, 0.3) is 0 Å². The minimum absolute atomic E-state index is 0.435. The molecule has 0 aliphatic carbocycles. The van der Waals surface area contributed by atoms with Crippen molar-refractivity contribution in [3.8, 4) is 5.88 Å². The van der Waals surface area contributed by atoms with Crippen LogP contribution in [0.1, 0.15) is 45.2 Å². The summed E-state index contributed by atoms with van der Waals surface area (Å²) in [5.74, 6) is 1.76. The Labute approximate surface area is 109 Å².